The van der Waals surface area contributed by atoms with Crippen molar-refractivity contribution < 1.29 is 23.8 Å². The lowest BCUT2D eigenvalue weighted by Crippen LogP contribution is -2.29. The van der Waals surface area contributed by atoms with E-state index in [1.165, 1.54) is 36.4 Å². The van der Waals surface area contributed by atoms with Gasteiger partial charge in [0.2, 0.25) is 0 Å². The largest absolute Gasteiger partial charge is 0.507 e. The second-order valence-corrected chi connectivity index (χ2v) is 8.88. The average Bonchev–Trinajstić information content (AvgIpc) is 3.10. The topological polar surface area (TPSA) is 66.8 Å². The zero-order valence-corrected chi connectivity index (χ0v) is 19.2. The summed E-state index contributed by atoms with van der Waals surface area (Å²) in [7, 11) is 0. The van der Waals surface area contributed by atoms with Gasteiger partial charge in [0.25, 0.3) is 11.7 Å². The highest BCUT2D eigenvalue weighted by atomic mass is 35.5. The molecule has 1 fully saturated rings. The molecule has 5 rings (SSSR count). The number of anilines is 1. The molecule has 172 valence electrons. The lowest BCUT2D eigenvalue weighted by atomic mass is 9.93. The van der Waals surface area contributed by atoms with Gasteiger partial charge in [-0.3, -0.25) is 14.5 Å². The predicted molar refractivity (Wildman–Crippen MR) is 128 cm³/mol. The lowest BCUT2D eigenvalue weighted by Gasteiger charge is -2.26. The molecule has 1 amide bonds. The molecule has 2 aliphatic rings. The smallest absolute Gasteiger partial charge is 0.300 e. The molecule has 1 unspecified atom stereocenters. The monoisotopic (exact) mass is 497 g/mol. The van der Waals surface area contributed by atoms with Crippen molar-refractivity contribution in [3.05, 3.63) is 98.8 Å². The van der Waals surface area contributed by atoms with Crippen LogP contribution in [0.2, 0.25) is 10.0 Å². The molecule has 1 atom stereocenters. The molecule has 0 aromatic heterocycles. The van der Waals surface area contributed by atoms with Crippen LogP contribution in [0.5, 0.6) is 5.75 Å². The first kappa shape index (κ1) is 22.4. The Bertz CT molecular complexity index is 1370. The number of aliphatic hydroxyl groups is 1. The van der Waals surface area contributed by atoms with Gasteiger partial charge in [0, 0.05) is 16.8 Å². The molecule has 5 nitrogen and oxygen atoms in total. The molecule has 1 saturated heterocycles. The standard InChI is InChI=1S/C26H18Cl2FNO4/c27-18-9-8-16(13-19(18)28)30-23(17-5-1-2-6-20(17)29)22(25(32)26(30)33)24(31)15-7-10-21-14(12-15)4-3-11-34-21/h1-2,5-10,12-13,23,31H,3-4,11H2/b24-22+. The first-order valence-electron chi connectivity index (χ1n) is 10.6. The van der Waals surface area contributed by atoms with Crippen LogP contribution in [0.1, 0.15) is 29.2 Å². The first-order chi connectivity index (χ1) is 16.4. The van der Waals surface area contributed by atoms with Gasteiger partial charge in [-0.25, -0.2) is 4.39 Å². The van der Waals surface area contributed by atoms with Crippen LogP contribution in [-0.2, 0) is 16.0 Å². The second-order valence-electron chi connectivity index (χ2n) is 8.06. The van der Waals surface area contributed by atoms with E-state index in [0.717, 1.165) is 23.3 Å². The van der Waals surface area contributed by atoms with Crippen LogP contribution in [0, 0.1) is 5.82 Å². The van der Waals surface area contributed by atoms with Crippen molar-refractivity contribution in [3.63, 3.8) is 0 Å². The minimum absolute atomic E-state index is 0.0654. The highest BCUT2D eigenvalue weighted by molar-refractivity contribution is 6.52. The van der Waals surface area contributed by atoms with Crippen molar-refractivity contribution in [2.45, 2.75) is 18.9 Å². The molecular weight excluding hydrogens is 480 g/mol. The number of ether oxygens (including phenoxy) is 1. The zero-order chi connectivity index (χ0) is 24.0. The van der Waals surface area contributed by atoms with Crippen LogP contribution >= 0.6 is 23.2 Å². The molecule has 1 N–H and O–H groups in total. The fourth-order valence-electron chi connectivity index (χ4n) is 4.39. The Morgan fingerprint density at radius 1 is 1.03 bits per heavy atom. The normalized spacial score (nSPS) is 19.1. The van der Waals surface area contributed by atoms with Crippen LogP contribution in [0.4, 0.5) is 10.1 Å². The maximum absolute atomic E-state index is 15.0. The number of ketones is 1. The van der Waals surface area contributed by atoms with Crippen molar-refractivity contribution in [3.8, 4) is 5.75 Å². The number of fused-ring (bicyclic) bond motifs is 1. The Kier molecular flexibility index (Phi) is 5.80. The van der Waals surface area contributed by atoms with Gasteiger partial charge in [0.05, 0.1) is 28.3 Å². The SMILES string of the molecule is O=C1C(=O)N(c2ccc(Cl)c(Cl)c2)C(c2ccccc2F)/C1=C(\O)c1ccc2c(c1)CCCO2. The number of amides is 1. The van der Waals surface area contributed by atoms with Gasteiger partial charge in [-0.15, -0.1) is 0 Å². The van der Waals surface area contributed by atoms with E-state index in [1.807, 2.05) is 0 Å². The first-order valence-corrected chi connectivity index (χ1v) is 11.4. The van der Waals surface area contributed by atoms with E-state index in [2.05, 4.69) is 0 Å². The average molecular weight is 498 g/mol. The van der Waals surface area contributed by atoms with Gasteiger partial charge in [-0.2, -0.15) is 0 Å². The number of hydrogen-bond donors (Lipinski definition) is 1. The van der Waals surface area contributed by atoms with Gasteiger partial charge in [-0.05, 0) is 60.9 Å². The Labute approximate surface area is 205 Å². The third kappa shape index (κ3) is 3.73. The van der Waals surface area contributed by atoms with Crippen molar-refractivity contribution in [1.29, 1.82) is 0 Å². The van der Waals surface area contributed by atoms with Crippen LogP contribution in [0.3, 0.4) is 0 Å². The van der Waals surface area contributed by atoms with E-state index in [-0.39, 0.29) is 32.6 Å². The summed E-state index contributed by atoms with van der Waals surface area (Å²) in [5, 5.41) is 11.7. The number of carbonyl (C=O) groups excluding carboxylic acids is 2. The number of aliphatic hydroxyl groups excluding tert-OH is 1. The molecule has 0 saturated carbocycles. The molecule has 2 aliphatic heterocycles. The predicted octanol–water partition coefficient (Wildman–Crippen LogP) is 6.08. The molecule has 8 heteroatoms. The minimum Gasteiger partial charge on any atom is -0.507 e. The van der Waals surface area contributed by atoms with Crippen LogP contribution in [0.15, 0.2) is 66.2 Å². The summed E-state index contributed by atoms with van der Waals surface area (Å²) in [6.07, 6.45) is 1.58. The summed E-state index contributed by atoms with van der Waals surface area (Å²) in [5.41, 5.74) is 1.34. The number of nitrogens with zero attached hydrogens (tertiary/aromatic N) is 1. The summed E-state index contributed by atoms with van der Waals surface area (Å²) < 4.78 is 20.6. The molecule has 34 heavy (non-hydrogen) atoms. The summed E-state index contributed by atoms with van der Waals surface area (Å²) in [6.45, 7) is 0.611. The number of carbonyl (C=O) groups is 2. The van der Waals surface area contributed by atoms with Crippen molar-refractivity contribution in [2.75, 3.05) is 11.5 Å². The molecule has 3 aromatic rings. The molecule has 2 heterocycles. The number of Topliss-reactive ketones (excluding diaryl/α,β-unsaturated/α-hetero) is 1. The fourth-order valence-corrected chi connectivity index (χ4v) is 4.68. The summed E-state index contributed by atoms with van der Waals surface area (Å²) >= 11 is 12.2. The Hall–Kier alpha value is -3.35. The highest BCUT2D eigenvalue weighted by Crippen LogP contribution is 2.44. The maximum Gasteiger partial charge on any atom is 0.300 e. The van der Waals surface area contributed by atoms with Crippen LogP contribution < -0.4 is 9.64 Å². The van der Waals surface area contributed by atoms with E-state index >= 15 is 0 Å². The number of halogens is 3. The second kappa shape index (κ2) is 8.78. The molecule has 3 aromatic carbocycles. The van der Waals surface area contributed by atoms with Gasteiger partial charge in [0.1, 0.15) is 17.3 Å². The highest BCUT2D eigenvalue weighted by Gasteiger charge is 2.48. The third-order valence-corrected chi connectivity index (χ3v) is 6.75. The summed E-state index contributed by atoms with van der Waals surface area (Å²) in [4.78, 5) is 27.5. The Balaban J connectivity index is 1.72. The van der Waals surface area contributed by atoms with Crippen molar-refractivity contribution in [2.24, 2.45) is 0 Å². The summed E-state index contributed by atoms with van der Waals surface area (Å²) in [6, 6.07) is 14.1. The molecule has 0 radical (unpaired) electrons. The quantitative estimate of drug-likeness (QED) is 0.270. The van der Waals surface area contributed by atoms with Gasteiger partial charge in [0.15, 0.2) is 0 Å². The van der Waals surface area contributed by atoms with E-state index in [0.29, 0.717) is 17.9 Å². The fraction of sp³-hybridized carbons (Fsp3) is 0.154. The van der Waals surface area contributed by atoms with Crippen molar-refractivity contribution in [1.82, 2.24) is 0 Å². The third-order valence-electron chi connectivity index (χ3n) is 6.01. The van der Waals surface area contributed by atoms with Crippen LogP contribution in [-0.4, -0.2) is 23.4 Å². The minimum atomic E-state index is -1.20. The van der Waals surface area contributed by atoms with E-state index in [9.17, 15) is 19.1 Å². The lowest BCUT2D eigenvalue weighted by molar-refractivity contribution is -0.132. The molecule has 0 aliphatic carbocycles. The summed E-state index contributed by atoms with van der Waals surface area (Å²) in [5.74, 6) is -2.13. The Morgan fingerprint density at radius 2 is 1.82 bits per heavy atom. The number of aryl methyl sites for hydroxylation is 1. The number of benzene rings is 3. The molecule has 0 spiro atoms. The number of rotatable bonds is 3. The molecular formula is C26H18Cl2FNO4. The maximum atomic E-state index is 15.0. The van der Waals surface area contributed by atoms with Crippen molar-refractivity contribution >= 4 is 46.3 Å². The van der Waals surface area contributed by atoms with E-state index in [1.54, 1.807) is 24.3 Å². The van der Waals surface area contributed by atoms with Gasteiger partial charge < -0.3 is 9.84 Å². The zero-order valence-electron chi connectivity index (χ0n) is 17.7. The Morgan fingerprint density at radius 3 is 2.59 bits per heavy atom. The number of hydrogen-bond acceptors (Lipinski definition) is 4. The van der Waals surface area contributed by atoms with E-state index in [4.69, 9.17) is 27.9 Å². The van der Waals surface area contributed by atoms with Crippen LogP contribution in [0.25, 0.3) is 5.76 Å². The molecule has 0 bridgehead atoms. The van der Waals surface area contributed by atoms with Gasteiger partial charge >= 0.3 is 0 Å². The van der Waals surface area contributed by atoms with Gasteiger partial charge in [-0.1, -0.05) is 41.4 Å². The van der Waals surface area contributed by atoms with E-state index < -0.39 is 23.5 Å².